The summed E-state index contributed by atoms with van der Waals surface area (Å²) in [6.07, 6.45) is 0.394. The van der Waals surface area contributed by atoms with Crippen LogP contribution in [0.3, 0.4) is 0 Å². The maximum absolute atomic E-state index is 12.4. The van der Waals surface area contributed by atoms with Crippen molar-refractivity contribution in [1.29, 1.82) is 0 Å². The average molecular weight is 303 g/mol. The number of benzene rings is 1. The number of carbonyl (C=O) groups excluding carboxylic acids is 1. The standard InChI is InChI=1S/C13H12Cl2O4/c14-9-2-1-7(5-10(9)15)11(17)13(3-4-16)6-8(13)12(18)19/h1-2,5,8,16H,3-4,6H2,(H,18,19)/t8-,13-/m1/s1. The van der Waals surface area contributed by atoms with Crippen molar-refractivity contribution in [2.75, 3.05) is 6.61 Å². The number of carboxylic acids is 1. The number of aliphatic hydroxyl groups is 1. The molecule has 1 aliphatic carbocycles. The SMILES string of the molecule is O=C(O)[C@H]1C[C@@]1(CCO)C(=O)c1ccc(Cl)c(Cl)c1. The van der Waals surface area contributed by atoms with Crippen LogP contribution < -0.4 is 0 Å². The first kappa shape index (κ1) is 14.3. The monoisotopic (exact) mass is 302 g/mol. The van der Waals surface area contributed by atoms with Gasteiger partial charge in [0.1, 0.15) is 0 Å². The van der Waals surface area contributed by atoms with Gasteiger partial charge in [0.25, 0.3) is 0 Å². The van der Waals surface area contributed by atoms with E-state index >= 15 is 0 Å². The number of rotatable bonds is 5. The summed E-state index contributed by atoms with van der Waals surface area (Å²) < 4.78 is 0. The molecule has 4 nitrogen and oxygen atoms in total. The van der Waals surface area contributed by atoms with Crippen molar-refractivity contribution in [3.8, 4) is 0 Å². The Morgan fingerprint density at radius 2 is 2.00 bits per heavy atom. The molecule has 2 N–H and O–H groups in total. The number of carbonyl (C=O) groups is 2. The Balaban J connectivity index is 2.31. The third-order valence-electron chi connectivity index (χ3n) is 3.57. The van der Waals surface area contributed by atoms with Crippen LogP contribution in [0.1, 0.15) is 23.2 Å². The van der Waals surface area contributed by atoms with E-state index in [0.717, 1.165) is 0 Å². The molecule has 0 saturated heterocycles. The lowest BCUT2D eigenvalue weighted by atomic mass is 9.89. The predicted molar refractivity (Wildman–Crippen MR) is 70.7 cm³/mol. The van der Waals surface area contributed by atoms with Gasteiger partial charge in [-0.1, -0.05) is 23.2 Å². The number of aliphatic hydroxyl groups excluding tert-OH is 1. The zero-order valence-corrected chi connectivity index (χ0v) is 11.4. The smallest absolute Gasteiger partial charge is 0.307 e. The summed E-state index contributed by atoms with van der Waals surface area (Å²) in [5.74, 6) is -2.05. The molecule has 1 aliphatic rings. The summed E-state index contributed by atoms with van der Waals surface area (Å²) >= 11 is 11.6. The zero-order valence-electron chi connectivity index (χ0n) is 9.90. The summed E-state index contributed by atoms with van der Waals surface area (Å²) in [5, 5.41) is 18.7. The summed E-state index contributed by atoms with van der Waals surface area (Å²) in [6, 6.07) is 4.46. The van der Waals surface area contributed by atoms with E-state index in [9.17, 15) is 9.59 Å². The van der Waals surface area contributed by atoms with Crippen molar-refractivity contribution in [3.63, 3.8) is 0 Å². The molecule has 1 aromatic carbocycles. The average Bonchev–Trinajstić information content (AvgIpc) is 3.08. The third-order valence-corrected chi connectivity index (χ3v) is 4.30. The maximum atomic E-state index is 12.4. The van der Waals surface area contributed by atoms with E-state index < -0.39 is 17.3 Å². The largest absolute Gasteiger partial charge is 0.481 e. The highest BCUT2D eigenvalue weighted by Gasteiger charge is 2.62. The van der Waals surface area contributed by atoms with E-state index in [1.54, 1.807) is 0 Å². The second-order valence-electron chi connectivity index (χ2n) is 4.68. The minimum atomic E-state index is -1.01. The van der Waals surface area contributed by atoms with E-state index in [0.29, 0.717) is 10.6 Å². The molecule has 6 heteroatoms. The van der Waals surface area contributed by atoms with Gasteiger partial charge in [0.15, 0.2) is 5.78 Å². The molecule has 102 valence electrons. The summed E-state index contributed by atoms with van der Waals surface area (Å²) in [4.78, 5) is 23.4. The van der Waals surface area contributed by atoms with Crippen LogP contribution in [0, 0.1) is 11.3 Å². The molecule has 19 heavy (non-hydrogen) atoms. The van der Waals surface area contributed by atoms with Gasteiger partial charge in [-0.15, -0.1) is 0 Å². The van der Waals surface area contributed by atoms with E-state index in [2.05, 4.69) is 0 Å². The first-order chi connectivity index (χ1) is 8.92. The van der Waals surface area contributed by atoms with Gasteiger partial charge in [-0.25, -0.2) is 0 Å². The minimum absolute atomic E-state index is 0.142. The highest BCUT2D eigenvalue weighted by atomic mass is 35.5. The van der Waals surface area contributed by atoms with Crippen molar-refractivity contribution in [1.82, 2.24) is 0 Å². The molecule has 2 atom stereocenters. The molecule has 2 rings (SSSR count). The van der Waals surface area contributed by atoms with Crippen LogP contribution in [0.15, 0.2) is 18.2 Å². The Morgan fingerprint density at radius 3 is 2.47 bits per heavy atom. The van der Waals surface area contributed by atoms with Crippen LogP contribution >= 0.6 is 23.2 Å². The van der Waals surface area contributed by atoms with Gasteiger partial charge in [0, 0.05) is 12.2 Å². The summed E-state index contributed by atoms with van der Waals surface area (Å²) in [5.41, 5.74) is -0.677. The predicted octanol–water partition coefficient (Wildman–Crippen LogP) is 2.65. The maximum Gasteiger partial charge on any atom is 0.307 e. The number of aliphatic carboxylic acids is 1. The highest BCUT2D eigenvalue weighted by molar-refractivity contribution is 6.42. The normalized spacial score (nSPS) is 25.1. The number of Topliss-reactive ketones (excluding diaryl/α,β-unsaturated/α-hetero) is 1. The van der Waals surface area contributed by atoms with Gasteiger partial charge < -0.3 is 10.2 Å². The van der Waals surface area contributed by atoms with Crippen molar-refractivity contribution < 1.29 is 19.8 Å². The van der Waals surface area contributed by atoms with Crippen molar-refractivity contribution in [2.24, 2.45) is 11.3 Å². The van der Waals surface area contributed by atoms with Crippen LogP contribution in [0.2, 0.25) is 10.0 Å². The first-order valence-electron chi connectivity index (χ1n) is 5.76. The molecule has 0 aliphatic heterocycles. The van der Waals surface area contributed by atoms with Gasteiger partial charge in [0.05, 0.1) is 21.4 Å². The Hall–Kier alpha value is -1.10. The number of hydrogen-bond donors (Lipinski definition) is 2. The van der Waals surface area contributed by atoms with Crippen LogP contribution in [0.25, 0.3) is 0 Å². The van der Waals surface area contributed by atoms with Crippen LogP contribution in [-0.4, -0.2) is 28.6 Å². The Kier molecular flexibility index (Phi) is 3.85. The molecular formula is C13H12Cl2O4. The quantitative estimate of drug-likeness (QED) is 0.820. The van der Waals surface area contributed by atoms with Crippen LogP contribution in [0.5, 0.6) is 0 Å². The van der Waals surface area contributed by atoms with E-state index in [1.807, 2.05) is 0 Å². The first-order valence-corrected chi connectivity index (χ1v) is 6.51. The number of halogens is 2. The third kappa shape index (κ3) is 2.48. The topological polar surface area (TPSA) is 74.6 Å². The van der Waals surface area contributed by atoms with Crippen molar-refractivity contribution in [2.45, 2.75) is 12.8 Å². The summed E-state index contributed by atoms with van der Waals surface area (Å²) in [7, 11) is 0. The molecule has 1 fully saturated rings. The molecule has 1 saturated carbocycles. The molecule has 0 amide bonds. The number of carboxylic acid groups (broad SMARTS) is 1. The molecule has 0 unspecified atom stereocenters. The van der Waals surface area contributed by atoms with Crippen molar-refractivity contribution >= 4 is 35.0 Å². The van der Waals surface area contributed by atoms with Crippen LogP contribution in [-0.2, 0) is 4.79 Å². The molecule has 0 aromatic heterocycles. The molecular weight excluding hydrogens is 291 g/mol. The second kappa shape index (κ2) is 5.12. The highest BCUT2D eigenvalue weighted by Crippen LogP contribution is 2.57. The van der Waals surface area contributed by atoms with E-state index in [1.165, 1.54) is 18.2 Å². The van der Waals surface area contributed by atoms with E-state index in [4.69, 9.17) is 33.4 Å². The van der Waals surface area contributed by atoms with Gasteiger partial charge in [-0.2, -0.15) is 0 Å². The lowest BCUT2D eigenvalue weighted by molar-refractivity contribution is -0.139. The van der Waals surface area contributed by atoms with Crippen molar-refractivity contribution in [3.05, 3.63) is 33.8 Å². The number of ketones is 1. The second-order valence-corrected chi connectivity index (χ2v) is 5.50. The van der Waals surface area contributed by atoms with Crippen LogP contribution in [0.4, 0.5) is 0 Å². The van der Waals surface area contributed by atoms with Gasteiger partial charge >= 0.3 is 5.97 Å². The molecule has 1 aromatic rings. The fourth-order valence-electron chi connectivity index (χ4n) is 2.39. The van der Waals surface area contributed by atoms with Gasteiger partial charge in [-0.05, 0) is 31.0 Å². The lowest BCUT2D eigenvalue weighted by Crippen LogP contribution is -2.23. The minimum Gasteiger partial charge on any atom is -0.481 e. The molecule has 0 radical (unpaired) electrons. The Morgan fingerprint density at radius 1 is 1.32 bits per heavy atom. The molecule has 0 heterocycles. The fraction of sp³-hybridized carbons (Fsp3) is 0.385. The Labute approximate surface area is 119 Å². The lowest BCUT2D eigenvalue weighted by Gasteiger charge is -2.14. The molecule has 0 spiro atoms. The number of hydrogen-bond acceptors (Lipinski definition) is 3. The zero-order chi connectivity index (χ0) is 14.2. The molecule has 0 bridgehead atoms. The van der Waals surface area contributed by atoms with Gasteiger partial charge in [0.2, 0.25) is 0 Å². The van der Waals surface area contributed by atoms with E-state index in [-0.39, 0.29) is 30.3 Å². The Bertz CT molecular complexity index is 543. The fourth-order valence-corrected chi connectivity index (χ4v) is 2.69. The van der Waals surface area contributed by atoms with Gasteiger partial charge in [-0.3, -0.25) is 9.59 Å². The summed E-state index contributed by atoms with van der Waals surface area (Å²) in [6.45, 7) is -0.225.